The van der Waals surface area contributed by atoms with Gasteiger partial charge in [-0.1, -0.05) is 24.3 Å². The molecule has 2 aliphatic rings. The van der Waals surface area contributed by atoms with Gasteiger partial charge in [0.15, 0.2) is 0 Å². The second kappa shape index (κ2) is 11.4. The van der Waals surface area contributed by atoms with E-state index in [4.69, 9.17) is 15.7 Å². The van der Waals surface area contributed by atoms with Crippen LogP contribution in [0.5, 0.6) is 0 Å². The average Bonchev–Trinajstić information content (AvgIpc) is 2.92. The molecule has 4 rings (SSSR count). The van der Waals surface area contributed by atoms with E-state index in [0.29, 0.717) is 26.2 Å². The lowest BCUT2D eigenvalue weighted by Gasteiger charge is -2.37. The number of carbonyl (C=O) groups is 2. The smallest absolute Gasteiger partial charge is 0.318 e. The summed E-state index contributed by atoms with van der Waals surface area (Å²) in [5, 5.41) is 11.5. The van der Waals surface area contributed by atoms with E-state index in [1.807, 2.05) is 0 Å². The Morgan fingerprint density at radius 3 is 1.80 bits per heavy atom. The minimum Gasteiger partial charge on any atom is -0.378 e. The number of nitrogens with two attached hydrogens (primary N) is 1. The highest BCUT2D eigenvalue weighted by atomic mass is 16.5. The highest BCUT2D eigenvalue weighted by molar-refractivity contribution is 5.87. The fourth-order valence-electron chi connectivity index (χ4n) is 4.45. The van der Waals surface area contributed by atoms with Crippen molar-refractivity contribution in [3.63, 3.8) is 0 Å². The molecule has 2 saturated heterocycles. The van der Waals surface area contributed by atoms with Gasteiger partial charge in [-0.25, -0.2) is 10.3 Å². The van der Waals surface area contributed by atoms with Crippen molar-refractivity contribution in [2.24, 2.45) is 5.73 Å². The largest absolute Gasteiger partial charge is 0.378 e. The third kappa shape index (κ3) is 6.02. The van der Waals surface area contributed by atoms with Crippen LogP contribution in [0, 0.1) is 0 Å². The van der Waals surface area contributed by atoms with Gasteiger partial charge >= 0.3 is 6.03 Å². The van der Waals surface area contributed by atoms with E-state index >= 15 is 0 Å². The number of amides is 3. The zero-order chi connectivity index (χ0) is 24.8. The molecular formula is C25H34N6O4. The Labute approximate surface area is 205 Å². The zero-order valence-corrected chi connectivity index (χ0v) is 20.0. The van der Waals surface area contributed by atoms with Crippen molar-refractivity contribution in [2.75, 3.05) is 62.3 Å². The molecule has 2 aliphatic heterocycles. The molecule has 2 heterocycles. The molecular weight excluding hydrogens is 448 g/mol. The van der Waals surface area contributed by atoms with Gasteiger partial charge in [0.1, 0.15) is 6.04 Å². The average molecular weight is 483 g/mol. The van der Waals surface area contributed by atoms with Crippen LogP contribution in [0.1, 0.15) is 6.92 Å². The first-order valence-electron chi connectivity index (χ1n) is 12.0. The van der Waals surface area contributed by atoms with Gasteiger partial charge in [0, 0.05) is 56.7 Å². The molecule has 0 unspecified atom stereocenters. The number of urea groups is 1. The third-order valence-corrected chi connectivity index (χ3v) is 6.57. The number of hydrogen-bond donors (Lipinski definition) is 4. The Morgan fingerprint density at radius 1 is 0.857 bits per heavy atom. The molecule has 2 fully saturated rings. The van der Waals surface area contributed by atoms with E-state index in [2.05, 4.69) is 63.6 Å². The number of hydrogen-bond acceptors (Lipinski definition) is 7. The van der Waals surface area contributed by atoms with Crippen molar-refractivity contribution in [1.82, 2.24) is 15.7 Å². The van der Waals surface area contributed by atoms with Gasteiger partial charge in [-0.15, -0.1) is 0 Å². The minimum absolute atomic E-state index is 0.369. The van der Waals surface area contributed by atoms with Crippen LogP contribution in [0.4, 0.5) is 16.2 Å². The van der Waals surface area contributed by atoms with E-state index < -0.39 is 18.0 Å². The SMILES string of the molecule is C[C@H](N)[C@@H](NC(=O)N1CCN(c2ccc(-c3ccc(N4CCOCC4)cc3)cc2)CC1)C(=O)NO. The normalized spacial score (nSPS) is 18.1. The molecule has 2 atom stereocenters. The number of piperazine rings is 1. The van der Waals surface area contributed by atoms with Crippen LogP contribution in [0.15, 0.2) is 48.5 Å². The Kier molecular flexibility index (Phi) is 8.06. The van der Waals surface area contributed by atoms with Crippen molar-refractivity contribution < 1.29 is 19.5 Å². The summed E-state index contributed by atoms with van der Waals surface area (Å²) in [6, 6.07) is 15.1. The molecule has 0 bridgehead atoms. The first-order chi connectivity index (χ1) is 17.0. The van der Waals surface area contributed by atoms with E-state index in [1.54, 1.807) is 17.3 Å². The summed E-state index contributed by atoms with van der Waals surface area (Å²) in [6.45, 7) is 7.38. The predicted octanol–water partition coefficient (Wildman–Crippen LogP) is 1.24. The van der Waals surface area contributed by atoms with E-state index in [1.165, 1.54) is 11.3 Å². The molecule has 0 aromatic heterocycles. The van der Waals surface area contributed by atoms with Crippen LogP contribution < -0.4 is 26.3 Å². The summed E-state index contributed by atoms with van der Waals surface area (Å²) in [7, 11) is 0. The van der Waals surface area contributed by atoms with E-state index in [-0.39, 0.29) is 6.03 Å². The van der Waals surface area contributed by atoms with Crippen LogP contribution >= 0.6 is 0 Å². The molecule has 0 aliphatic carbocycles. The number of anilines is 2. The molecule has 2 aromatic rings. The number of ether oxygens (including phenoxy) is 1. The van der Waals surface area contributed by atoms with E-state index in [0.717, 1.165) is 37.6 Å². The molecule has 0 spiro atoms. The number of morpholine rings is 1. The number of carbonyl (C=O) groups excluding carboxylic acids is 2. The maximum Gasteiger partial charge on any atom is 0.318 e. The van der Waals surface area contributed by atoms with Crippen LogP contribution in [0.25, 0.3) is 11.1 Å². The van der Waals surface area contributed by atoms with Crippen molar-refractivity contribution >= 4 is 23.3 Å². The Morgan fingerprint density at radius 2 is 1.34 bits per heavy atom. The molecule has 5 N–H and O–H groups in total. The molecule has 0 saturated carbocycles. The van der Waals surface area contributed by atoms with Gasteiger partial charge in [0.05, 0.1) is 13.2 Å². The standard InChI is InChI=1S/C25H34N6O4/c1-18(26)23(24(32)28-34)27-25(33)31-12-10-29(11-13-31)21-6-2-19(3-7-21)20-4-8-22(9-5-20)30-14-16-35-17-15-30/h2-9,18,23,34H,10-17,26H2,1H3,(H,27,33)(H,28,32)/t18-,23+/m0/s1. The third-order valence-electron chi connectivity index (χ3n) is 6.57. The summed E-state index contributed by atoms with van der Waals surface area (Å²) in [5.41, 5.74) is 12.0. The van der Waals surface area contributed by atoms with Gasteiger partial charge in [-0.3, -0.25) is 10.0 Å². The van der Waals surface area contributed by atoms with Crippen molar-refractivity contribution in [3.05, 3.63) is 48.5 Å². The van der Waals surface area contributed by atoms with Crippen LogP contribution in [0.3, 0.4) is 0 Å². The topological polar surface area (TPSA) is 123 Å². The van der Waals surface area contributed by atoms with Crippen LogP contribution in [0.2, 0.25) is 0 Å². The van der Waals surface area contributed by atoms with Crippen molar-refractivity contribution in [3.8, 4) is 11.1 Å². The van der Waals surface area contributed by atoms with Crippen LogP contribution in [-0.4, -0.2) is 86.6 Å². The molecule has 35 heavy (non-hydrogen) atoms. The fourth-order valence-corrected chi connectivity index (χ4v) is 4.45. The Hall–Kier alpha value is -3.34. The number of benzene rings is 2. The summed E-state index contributed by atoms with van der Waals surface area (Å²) < 4.78 is 5.43. The summed E-state index contributed by atoms with van der Waals surface area (Å²) in [5.74, 6) is -0.734. The first kappa shape index (κ1) is 24.8. The molecule has 2 aromatic carbocycles. The molecule has 188 valence electrons. The maximum absolute atomic E-state index is 12.6. The molecule has 10 nitrogen and oxygen atoms in total. The summed E-state index contributed by atoms with van der Waals surface area (Å²) in [6.07, 6.45) is 0. The maximum atomic E-state index is 12.6. The van der Waals surface area contributed by atoms with Gasteiger partial charge in [-0.05, 0) is 42.3 Å². The molecule has 0 radical (unpaired) electrons. The summed E-state index contributed by atoms with van der Waals surface area (Å²) >= 11 is 0. The highest BCUT2D eigenvalue weighted by Crippen LogP contribution is 2.26. The van der Waals surface area contributed by atoms with Gasteiger partial charge < -0.3 is 30.5 Å². The Balaban J connectivity index is 1.31. The Bertz CT molecular complexity index is 984. The quantitative estimate of drug-likeness (QED) is 0.361. The number of nitrogens with one attached hydrogen (secondary N) is 2. The zero-order valence-electron chi connectivity index (χ0n) is 20.0. The van der Waals surface area contributed by atoms with Gasteiger partial charge in [-0.2, -0.15) is 0 Å². The highest BCUT2D eigenvalue weighted by Gasteiger charge is 2.28. The monoisotopic (exact) mass is 482 g/mol. The van der Waals surface area contributed by atoms with Gasteiger partial charge in [0.25, 0.3) is 5.91 Å². The second-order valence-electron chi connectivity index (χ2n) is 8.93. The van der Waals surface area contributed by atoms with Crippen molar-refractivity contribution in [2.45, 2.75) is 19.0 Å². The molecule has 10 heteroatoms. The van der Waals surface area contributed by atoms with E-state index in [9.17, 15) is 9.59 Å². The first-order valence-corrected chi connectivity index (χ1v) is 12.0. The summed E-state index contributed by atoms with van der Waals surface area (Å²) in [4.78, 5) is 30.5. The lowest BCUT2D eigenvalue weighted by atomic mass is 10.0. The minimum atomic E-state index is -0.999. The number of rotatable bonds is 6. The lowest BCUT2D eigenvalue weighted by molar-refractivity contribution is -0.131. The fraction of sp³-hybridized carbons (Fsp3) is 0.440. The molecule has 3 amide bonds. The van der Waals surface area contributed by atoms with Crippen molar-refractivity contribution in [1.29, 1.82) is 0 Å². The lowest BCUT2D eigenvalue weighted by Crippen LogP contribution is -2.59. The van der Waals surface area contributed by atoms with Crippen LogP contribution in [-0.2, 0) is 9.53 Å². The number of nitrogens with zero attached hydrogens (tertiary/aromatic N) is 3. The predicted molar refractivity (Wildman–Crippen MR) is 135 cm³/mol. The number of hydroxylamine groups is 1. The second-order valence-corrected chi connectivity index (χ2v) is 8.93. The van der Waals surface area contributed by atoms with Gasteiger partial charge in [0.2, 0.25) is 0 Å².